The Morgan fingerprint density at radius 2 is 1.81 bits per heavy atom. The SMILES string of the molecule is CC(C)(C)OC(=O)Nc1ccc([C@@H](CO)NC(=O)O)cc1. The summed E-state index contributed by atoms with van der Waals surface area (Å²) in [5, 5.41) is 22.6. The average Bonchev–Trinajstić information content (AvgIpc) is 2.34. The molecule has 0 spiro atoms. The summed E-state index contributed by atoms with van der Waals surface area (Å²) in [7, 11) is 0. The highest BCUT2D eigenvalue weighted by Gasteiger charge is 2.17. The van der Waals surface area contributed by atoms with E-state index in [1.165, 1.54) is 0 Å². The number of carbonyl (C=O) groups is 2. The Hall–Kier alpha value is -2.28. The van der Waals surface area contributed by atoms with Crippen LogP contribution in [-0.4, -0.2) is 34.6 Å². The van der Waals surface area contributed by atoms with E-state index in [1.54, 1.807) is 45.0 Å². The molecule has 0 saturated carbocycles. The van der Waals surface area contributed by atoms with Crippen LogP contribution in [0.15, 0.2) is 24.3 Å². The van der Waals surface area contributed by atoms with Crippen molar-refractivity contribution in [3.8, 4) is 0 Å². The smallest absolute Gasteiger partial charge is 0.412 e. The van der Waals surface area contributed by atoms with Crippen LogP contribution in [-0.2, 0) is 4.74 Å². The van der Waals surface area contributed by atoms with Crippen LogP contribution < -0.4 is 10.6 Å². The zero-order chi connectivity index (χ0) is 16.0. The maximum atomic E-state index is 11.6. The van der Waals surface area contributed by atoms with E-state index in [0.717, 1.165) is 0 Å². The zero-order valence-electron chi connectivity index (χ0n) is 12.2. The van der Waals surface area contributed by atoms with Crippen LogP contribution in [0.2, 0.25) is 0 Å². The maximum Gasteiger partial charge on any atom is 0.412 e. The van der Waals surface area contributed by atoms with E-state index < -0.39 is 23.8 Å². The van der Waals surface area contributed by atoms with Crippen LogP contribution in [0, 0.1) is 0 Å². The molecule has 1 aromatic carbocycles. The first kappa shape index (κ1) is 16.8. The molecule has 0 aliphatic carbocycles. The van der Waals surface area contributed by atoms with Crippen LogP contribution in [0.5, 0.6) is 0 Å². The molecule has 1 rings (SSSR count). The topological polar surface area (TPSA) is 108 Å². The summed E-state index contributed by atoms with van der Waals surface area (Å²) in [6.07, 6.45) is -1.79. The molecule has 21 heavy (non-hydrogen) atoms. The molecule has 4 N–H and O–H groups in total. The Labute approximate surface area is 122 Å². The molecular formula is C14H20N2O5. The van der Waals surface area contributed by atoms with Gasteiger partial charge in [-0.05, 0) is 38.5 Å². The predicted molar refractivity (Wildman–Crippen MR) is 77.3 cm³/mol. The van der Waals surface area contributed by atoms with Gasteiger partial charge in [0.15, 0.2) is 0 Å². The highest BCUT2D eigenvalue weighted by molar-refractivity contribution is 5.84. The third-order valence-electron chi connectivity index (χ3n) is 2.44. The van der Waals surface area contributed by atoms with Crippen molar-refractivity contribution in [3.05, 3.63) is 29.8 Å². The molecule has 0 saturated heterocycles. The Kier molecular flexibility index (Phi) is 5.54. The molecule has 0 unspecified atom stereocenters. The Bertz CT molecular complexity index is 493. The second kappa shape index (κ2) is 6.94. The lowest BCUT2D eigenvalue weighted by molar-refractivity contribution is 0.0636. The number of anilines is 1. The molecule has 0 bridgehead atoms. The fourth-order valence-electron chi connectivity index (χ4n) is 1.60. The van der Waals surface area contributed by atoms with Crippen molar-refractivity contribution in [1.29, 1.82) is 0 Å². The summed E-state index contributed by atoms with van der Waals surface area (Å²) in [5.41, 5.74) is 0.520. The van der Waals surface area contributed by atoms with E-state index in [0.29, 0.717) is 11.3 Å². The van der Waals surface area contributed by atoms with Gasteiger partial charge in [-0.15, -0.1) is 0 Å². The minimum atomic E-state index is -1.22. The molecule has 0 aliphatic rings. The van der Waals surface area contributed by atoms with Gasteiger partial charge in [-0.1, -0.05) is 12.1 Å². The number of aliphatic hydroxyl groups is 1. The van der Waals surface area contributed by atoms with Crippen molar-refractivity contribution >= 4 is 17.9 Å². The van der Waals surface area contributed by atoms with Gasteiger partial charge in [0, 0.05) is 5.69 Å². The van der Waals surface area contributed by atoms with E-state index >= 15 is 0 Å². The summed E-state index contributed by atoms with van der Waals surface area (Å²) in [4.78, 5) is 22.2. The molecule has 2 amide bonds. The molecule has 0 radical (unpaired) electrons. The van der Waals surface area contributed by atoms with Crippen molar-refractivity contribution in [2.24, 2.45) is 0 Å². The van der Waals surface area contributed by atoms with Crippen molar-refractivity contribution < 1.29 is 24.5 Å². The first-order valence-corrected chi connectivity index (χ1v) is 6.41. The molecule has 116 valence electrons. The van der Waals surface area contributed by atoms with Crippen molar-refractivity contribution in [3.63, 3.8) is 0 Å². The lowest BCUT2D eigenvalue weighted by Crippen LogP contribution is -2.29. The quantitative estimate of drug-likeness (QED) is 0.682. The van der Waals surface area contributed by atoms with Crippen LogP contribution >= 0.6 is 0 Å². The number of hydrogen-bond acceptors (Lipinski definition) is 4. The zero-order valence-corrected chi connectivity index (χ0v) is 12.2. The van der Waals surface area contributed by atoms with Gasteiger partial charge in [-0.25, -0.2) is 9.59 Å². The highest BCUT2D eigenvalue weighted by atomic mass is 16.6. The number of nitrogens with one attached hydrogen (secondary N) is 2. The molecule has 0 heterocycles. The van der Waals surface area contributed by atoms with E-state index in [1.807, 2.05) is 0 Å². The third kappa shape index (κ3) is 6.13. The van der Waals surface area contributed by atoms with E-state index in [2.05, 4.69) is 10.6 Å². The van der Waals surface area contributed by atoms with Gasteiger partial charge in [-0.2, -0.15) is 0 Å². The molecule has 0 aliphatic heterocycles. The Balaban J connectivity index is 2.69. The molecule has 0 aromatic heterocycles. The van der Waals surface area contributed by atoms with Crippen LogP contribution in [0.4, 0.5) is 15.3 Å². The molecule has 7 nitrogen and oxygen atoms in total. The van der Waals surface area contributed by atoms with Crippen molar-refractivity contribution in [1.82, 2.24) is 5.32 Å². The molecule has 7 heteroatoms. The van der Waals surface area contributed by atoms with Crippen molar-refractivity contribution in [2.45, 2.75) is 32.4 Å². The Morgan fingerprint density at radius 1 is 1.24 bits per heavy atom. The van der Waals surface area contributed by atoms with Gasteiger partial charge in [0.25, 0.3) is 0 Å². The number of benzene rings is 1. The molecule has 0 fully saturated rings. The number of ether oxygens (including phenoxy) is 1. The first-order chi connectivity index (χ1) is 9.71. The number of carboxylic acid groups (broad SMARTS) is 1. The molecular weight excluding hydrogens is 276 g/mol. The fourth-order valence-corrected chi connectivity index (χ4v) is 1.60. The summed E-state index contributed by atoms with van der Waals surface area (Å²) >= 11 is 0. The van der Waals surface area contributed by atoms with E-state index in [4.69, 9.17) is 14.9 Å². The number of amides is 2. The third-order valence-corrected chi connectivity index (χ3v) is 2.44. The van der Waals surface area contributed by atoms with Crippen LogP contribution in [0.1, 0.15) is 32.4 Å². The number of hydrogen-bond donors (Lipinski definition) is 4. The summed E-state index contributed by atoms with van der Waals surface area (Å²) < 4.78 is 5.11. The second-order valence-electron chi connectivity index (χ2n) is 5.43. The molecule has 1 atom stereocenters. The summed E-state index contributed by atoms with van der Waals surface area (Å²) in [6, 6.07) is 5.72. The number of carbonyl (C=O) groups excluding carboxylic acids is 1. The van der Waals surface area contributed by atoms with E-state index in [9.17, 15) is 9.59 Å². The summed E-state index contributed by atoms with van der Waals surface area (Å²) in [5.74, 6) is 0. The van der Waals surface area contributed by atoms with E-state index in [-0.39, 0.29) is 6.61 Å². The lowest BCUT2D eigenvalue weighted by Gasteiger charge is -2.20. The minimum Gasteiger partial charge on any atom is -0.465 e. The lowest BCUT2D eigenvalue weighted by atomic mass is 10.1. The molecule has 1 aromatic rings. The number of rotatable bonds is 4. The van der Waals surface area contributed by atoms with Crippen molar-refractivity contribution in [2.75, 3.05) is 11.9 Å². The van der Waals surface area contributed by atoms with Gasteiger partial charge >= 0.3 is 12.2 Å². The van der Waals surface area contributed by atoms with Crippen LogP contribution in [0.25, 0.3) is 0 Å². The second-order valence-corrected chi connectivity index (χ2v) is 5.43. The predicted octanol–water partition coefficient (Wildman–Crippen LogP) is 2.33. The highest BCUT2D eigenvalue weighted by Crippen LogP contribution is 2.17. The van der Waals surface area contributed by atoms with Gasteiger partial charge in [0.2, 0.25) is 0 Å². The minimum absolute atomic E-state index is 0.356. The van der Waals surface area contributed by atoms with Crippen LogP contribution in [0.3, 0.4) is 0 Å². The largest absolute Gasteiger partial charge is 0.465 e. The first-order valence-electron chi connectivity index (χ1n) is 6.41. The van der Waals surface area contributed by atoms with Gasteiger partial charge < -0.3 is 20.3 Å². The normalized spacial score (nSPS) is 12.4. The van der Waals surface area contributed by atoms with Gasteiger partial charge in [0.1, 0.15) is 5.60 Å². The Morgan fingerprint density at radius 3 is 2.24 bits per heavy atom. The number of aliphatic hydroxyl groups excluding tert-OH is 1. The van der Waals surface area contributed by atoms with Gasteiger partial charge in [-0.3, -0.25) is 5.32 Å². The monoisotopic (exact) mass is 296 g/mol. The maximum absolute atomic E-state index is 11.6. The average molecular weight is 296 g/mol. The van der Waals surface area contributed by atoms with Gasteiger partial charge in [0.05, 0.1) is 12.6 Å². The standard InChI is InChI=1S/C14H20N2O5/c1-14(2,3)21-13(20)15-10-6-4-9(5-7-10)11(8-17)16-12(18)19/h4-7,11,16-17H,8H2,1-3H3,(H,15,20)(H,18,19)/t11-/m1/s1. The fraction of sp³-hybridized carbons (Fsp3) is 0.429. The summed E-state index contributed by atoms with van der Waals surface area (Å²) in [6.45, 7) is 4.93.